The zero-order chi connectivity index (χ0) is 16.1. The third-order valence-corrected chi connectivity index (χ3v) is 4.07. The number of carbonyl (C=O) groups is 1. The van der Waals surface area contributed by atoms with Crippen LogP contribution in [-0.2, 0) is 6.42 Å². The number of ether oxygens (including phenoxy) is 1. The smallest absolute Gasteiger partial charge is 0.449 e. The number of thiol groups is 1. The van der Waals surface area contributed by atoms with E-state index in [4.69, 9.17) is 5.11 Å². The molecule has 0 heterocycles. The van der Waals surface area contributed by atoms with Crippen molar-refractivity contribution >= 4 is 34.3 Å². The summed E-state index contributed by atoms with van der Waals surface area (Å²) in [6, 6.07) is 12.0. The summed E-state index contributed by atoms with van der Waals surface area (Å²) in [5, 5.41) is 20.1. The van der Waals surface area contributed by atoms with Crippen LogP contribution in [-0.4, -0.2) is 16.2 Å². The molecule has 0 aliphatic carbocycles. The van der Waals surface area contributed by atoms with E-state index in [1.165, 1.54) is 6.07 Å². The lowest BCUT2D eigenvalue weighted by atomic mass is 10.0. The van der Waals surface area contributed by atoms with Gasteiger partial charge < -0.3 is 9.84 Å². The number of hydrogen-bond donors (Lipinski definition) is 2. The molecule has 114 valence electrons. The van der Waals surface area contributed by atoms with Crippen LogP contribution in [0.3, 0.4) is 0 Å². The van der Waals surface area contributed by atoms with Crippen molar-refractivity contribution < 1.29 is 19.6 Å². The van der Waals surface area contributed by atoms with Crippen LogP contribution in [0.15, 0.2) is 47.4 Å². The second-order valence-corrected chi connectivity index (χ2v) is 5.44. The molecule has 0 aromatic heterocycles. The Morgan fingerprint density at radius 1 is 1.27 bits per heavy atom. The van der Waals surface area contributed by atoms with E-state index in [1.807, 2.05) is 30.3 Å². The van der Waals surface area contributed by atoms with E-state index >= 15 is 0 Å². The Labute approximate surface area is 135 Å². The van der Waals surface area contributed by atoms with Crippen LogP contribution in [0.5, 0.6) is 5.75 Å². The fourth-order valence-corrected chi connectivity index (χ4v) is 2.95. The average molecular weight is 337 g/mol. The molecule has 2 aromatic rings. The Hall–Kier alpha value is -2.19. The van der Waals surface area contributed by atoms with Gasteiger partial charge in [-0.1, -0.05) is 41.1 Å². The number of carboxylic acid groups (broad SMARTS) is 1. The zero-order valence-electron chi connectivity index (χ0n) is 11.1. The SMILES string of the molecule is O=C(O)Oc1ccc(SS)c(Cc2ccccc2)c1[N+](=O)[O-]. The summed E-state index contributed by atoms with van der Waals surface area (Å²) in [5.41, 5.74) is 0.877. The molecular formula is C14H11NO5S2. The highest BCUT2D eigenvalue weighted by molar-refractivity contribution is 8.68. The van der Waals surface area contributed by atoms with Crippen LogP contribution in [0.4, 0.5) is 10.5 Å². The van der Waals surface area contributed by atoms with Crippen molar-refractivity contribution in [3.63, 3.8) is 0 Å². The summed E-state index contributed by atoms with van der Waals surface area (Å²) in [5.74, 6) is -0.297. The predicted molar refractivity (Wildman–Crippen MR) is 85.8 cm³/mol. The van der Waals surface area contributed by atoms with Crippen LogP contribution in [0.1, 0.15) is 11.1 Å². The van der Waals surface area contributed by atoms with Crippen LogP contribution < -0.4 is 4.74 Å². The largest absolute Gasteiger partial charge is 0.511 e. The zero-order valence-corrected chi connectivity index (χ0v) is 12.8. The molecule has 0 bridgehead atoms. The standard InChI is InChI=1S/C14H11NO5S2/c16-14(17)20-11-6-7-12(22-21)10(13(11)15(18)19)8-9-4-2-1-3-5-9/h1-7,21H,8H2,(H,16,17). The van der Waals surface area contributed by atoms with E-state index in [0.717, 1.165) is 16.4 Å². The molecule has 0 aliphatic rings. The number of rotatable bonds is 5. The third-order valence-electron chi connectivity index (χ3n) is 2.90. The Morgan fingerprint density at radius 3 is 2.50 bits per heavy atom. The van der Waals surface area contributed by atoms with Crippen molar-refractivity contribution in [2.45, 2.75) is 11.3 Å². The lowest BCUT2D eigenvalue weighted by molar-refractivity contribution is -0.386. The van der Waals surface area contributed by atoms with Crippen molar-refractivity contribution in [2.75, 3.05) is 0 Å². The van der Waals surface area contributed by atoms with Crippen molar-refractivity contribution in [3.8, 4) is 5.75 Å². The topological polar surface area (TPSA) is 89.7 Å². The van der Waals surface area contributed by atoms with Gasteiger partial charge in [0.15, 0.2) is 0 Å². The number of benzene rings is 2. The summed E-state index contributed by atoms with van der Waals surface area (Å²) in [4.78, 5) is 22.0. The van der Waals surface area contributed by atoms with Gasteiger partial charge in [0.2, 0.25) is 5.75 Å². The minimum absolute atomic E-state index is 0.275. The quantitative estimate of drug-likeness (QED) is 0.212. The van der Waals surface area contributed by atoms with Crippen molar-refractivity contribution in [3.05, 3.63) is 63.7 Å². The fraction of sp³-hybridized carbons (Fsp3) is 0.0714. The van der Waals surface area contributed by atoms with Gasteiger partial charge in [-0.3, -0.25) is 10.1 Å². The molecule has 0 atom stereocenters. The van der Waals surface area contributed by atoms with E-state index in [9.17, 15) is 14.9 Å². The van der Waals surface area contributed by atoms with Gasteiger partial charge in [0.25, 0.3) is 0 Å². The third kappa shape index (κ3) is 3.71. The first-order valence-electron chi connectivity index (χ1n) is 6.09. The van der Waals surface area contributed by atoms with Gasteiger partial charge in [0.05, 0.1) is 10.5 Å². The second-order valence-electron chi connectivity index (χ2n) is 4.27. The first kappa shape index (κ1) is 16.2. The number of nitrogens with zero attached hydrogens (tertiary/aromatic N) is 1. The molecular weight excluding hydrogens is 326 g/mol. The van der Waals surface area contributed by atoms with Crippen LogP contribution in [0, 0.1) is 10.1 Å². The molecule has 0 aliphatic heterocycles. The highest BCUT2D eigenvalue weighted by Gasteiger charge is 2.26. The van der Waals surface area contributed by atoms with Gasteiger partial charge in [-0.15, -0.1) is 11.7 Å². The Morgan fingerprint density at radius 2 is 1.95 bits per heavy atom. The summed E-state index contributed by atoms with van der Waals surface area (Å²) in [6.07, 6.45) is -1.32. The minimum atomic E-state index is -1.60. The maximum absolute atomic E-state index is 11.4. The molecule has 2 rings (SSSR count). The number of hydrogen-bond acceptors (Lipinski definition) is 6. The van der Waals surface area contributed by atoms with E-state index in [2.05, 4.69) is 16.4 Å². The molecule has 2 aromatic carbocycles. The van der Waals surface area contributed by atoms with Crippen LogP contribution in [0.25, 0.3) is 0 Å². The molecule has 6 nitrogen and oxygen atoms in total. The van der Waals surface area contributed by atoms with E-state index in [0.29, 0.717) is 10.5 Å². The average Bonchev–Trinajstić information content (AvgIpc) is 2.47. The highest BCUT2D eigenvalue weighted by atomic mass is 33.1. The van der Waals surface area contributed by atoms with Gasteiger partial charge in [-0.05, 0) is 17.7 Å². The molecule has 22 heavy (non-hydrogen) atoms. The summed E-state index contributed by atoms with van der Waals surface area (Å²) in [6.45, 7) is 0. The molecule has 0 amide bonds. The van der Waals surface area contributed by atoms with Gasteiger partial charge in [0.1, 0.15) is 0 Å². The lowest BCUT2D eigenvalue weighted by Crippen LogP contribution is -2.08. The fourth-order valence-electron chi connectivity index (χ4n) is 2.03. The monoisotopic (exact) mass is 337 g/mol. The normalized spacial score (nSPS) is 10.2. The maximum Gasteiger partial charge on any atom is 0.511 e. The van der Waals surface area contributed by atoms with Crippen molar-refractivity contribution in [1.29, 1.82) is 0 Å². The second kappa shape index (κ2) is 7.19. The summed E-state index contributed by atoms with van der Waals surface area (Å²) in [7, 11) is 1.06. The van der Waals surface area contributed by atoms with Gasteiger partial charge >= 0.3 is 11.8 Å². The van der Waals surface area contributed by atoms with Gasteiger partial charge in [-0.25, -0.2) is 4.79 Å². The van der Waals surface area contributed by atoms with E-state index in [1.54, 1.807) is 6.07 Å². The van der Waals surface area contributed by atoms with Crippen LogP contribution >= 0.6 is 22.5 Å². The lowest BCUT2D eigenvalue weighted by Gasteiger charge is -2.11. The maximum atomic E-state index is 11.4. The molecule has 0 saturated heterocycles. The van der Waals surface area contributed by atoms with Gasteiger partial charge in [0, 0.05) is 11.3 Å². The first-order valence-corrected chi connectivity index (χ1v) is 7.96. The molecule has 0 spiro atoms. The Balaban J connectivity index is 2.57. The summed E-state index contributed by atoms with van der Waals surface area (Å²) < 4.78 is 4.53. The number of nitro groups is 1. The first-order chi connectivity index (χ1) is 10.5. The Kier molecular flexibility index (Phi) is 5.29. The highest BCUT2D eigenvalue weighted by Crippen LogP contribution is 2.40. The van der Waals surface area contributed by atoms with E-state index in [-0.39, 0.29) is 17.9 Å². The molecule has 0 saturated carbocycles. The molecule has 0 unspecified atom stereocenters. The molecule has 1 N–H and O–H groups in total. The minimum Gasteiger partial charge on any atom is -0.449 e. The van der Waals surface area contributed by atoms with Gasteiger partial charge in [-0.2, -0.15) is 0 Å². The van der Waals surface area contributed by atoms with Crippen molar-refractivity contribution in [1.82, 2.24) is 0 Å². The predicted octanol–water partition coefficient (Wildman–Crippen LogP) is 4.18. The summed E-state index contributed by atoms with van der Waals surface area (Å²) >= 11 is 4.10. The molecule has 8 heteroatoms. The molecule has 0 radical (unpaired) electrons. The van der Waals surface area contributed by atoms with Crippen LogP contribution in [0.2, 0.25) is 0 Å². The Bertz CT molecular complexity index is 706. The molecule has 0 fully saturated rings. The van der Waals surface area contributed by atoms with Crippen molar-refractivity contribution in [2.24, 2.45) is 0 Å². The van der Waals surface area contributed by atoms with E-state index < -0.39 is 11.1 Å². The number of nitro benzene ring substituents is 1.